The first-order chi connectivity index (χ1) is 8.33. The lowest BCUT2D eigenvalue weighted by atomic mass is 10.2. The van der Waals surface area contributed by atoms with Gasteiger partial charge in [-0.3, -0.25) is 10.4 Å². The molecule has 3 rings (SSSR count). The van der Waals surface area contributed by atoms with Crippen molar-refractivity contribution in [3.63, 3.8) is 0 Å². The van der Waals surface area contributed by atoms with Crippen LogP contribution >= 0.6 is 11.6 Å². The second kappa shape index (κ2) is 4.22. The molecule has 0 spiro atoms. The van der Waals surface area contributed by atoms with Crippen molar-refractivity contribution >= 4 is 23.2 Å². The van der Waals surface area contributed by atoms with Crippen molar-refractivity contribution in [2.75, 3.05) is 17.0 Å². The number of nitrogens with one attached hydrogen (secondary N) is 1. The average molecular weight is 247 g/mol. The zero-order chi connectivity index (χ0) is 11.7. The van der Waals surface area contributed by atoms with E-state index in [0.29, 0.717) is 5.95 Å². The highest BCUT2D eigenvalue weighted by atomic mass is 35.5. The molecule has 1 aliphatic rings. The Morgan fingerprint density at radius 2 is 2.06 bits per heavy atom. The van der Waals surface area contributed by atoms with Gasteiger partial charge in [0.2, 0.25) is 5.95 Å². The van der Waals surface area contributed by atoms with Gasteiger partial charge in [-0.2, -0.15) is 0 Å². The van der Waals surface area contributed by atoms with Crippen molar-refractivity contribution in [2.24, 2.45) is 0 Å². The Morgan fingerprint density at radius 3 is 2.88 bits per heavy atom. The van der Waals surface area contributed by atoms with E-state index in [1.54, 1.807) is 18.5 Å². The number of hydrogen-bond acceptors (Lipinski definition) is 4. The molecule has 0 unspecified atom stereocenters. The molecule has 0 bridgehead atoms. The van der Waals surface area contributed by atoms with Crippen molar-refractivity contribution < 1.29 is 0 Å². The van der Waals surface area contributed by atoms with Gasteiger partial charge in [-0.15, -0.1) is 0 Å². The molecular formula is C12H11ClN4. The molecule has 0 saturated carbocycles. The molecular weight excluding hydrogens is 236 g/mol. The highest BCUT2D eigenvalue weighted by Gasteiger charge is 2.19. The molecule has 1 aromatic heterocycles. The summed E-state index contributed by atoms with van der Waals surface area (Å²) in [6.45, 7) is 0.897. The van der Waals surface area contributed by atoms with Crippen molar-refractivity contribution in [2.45, 2.75) is 6.42 Å². The van der Waals surface area contributed by atoms with Gasteiger partial charge >= 0.3 is 0 Å². The topological polar surface area (TPSA) is 41.0 Å². The molecule has 0 saturated heterocycles. The zero-order valence-corrected chi connectivity index (χ0v) is 9.85. The van der Waals surface area contributed by atoms with Gasteiger partial charge in [-0.05, 0) is 36.2 Å². The second-order valence-electron chi connectivity index (χ2n) is 3.86. The number of anilines is 2. The number of aromatic nitrogens is 2. The van der Waals surface area contributed by atoms with Crippen LogP contribution in [0.2, 0.25) is 5.02 Å². The molecule has 2 aromatic rings. The van der Waals surface area contributed by atoms with Crippen LogP contribution in [0.4, 0.5) is 11.6 Å². The van der Waals surface area contributed by atoms with Gasteiger partial charge in [0.25, 0.3) is 0 Å². The third kappa shape index (κ3) is 2.03. The molecule has 1 aliphatic heterocycles. The number of fused-ring (bicyclic) bond motifs is 1. The van der Waals surface area contributed by atoms with Crippen molar-refractivity contribution in [3.8, 4) is 0 Å². The van der Waals surface area contributed by atoms with Crippen molar-refractivity contribution in [1.29, 1.82) is 0 Å². The molecule has 0 amide bonds. The molecule has 4 nitrogen and oxygen atoms in total. The van der Waals surface area contributed by atoms with Crippen LogP contribution in [0, 0.1) is 0 Å². The van der Waals surface area contributed by atoms with E-state index in [4.69, 9.17) is 11.6 Å². The Balaban J connectivity index is 1.85. The summed E-state index contributed by atoms with van der Waals surface area (Å²) in [7, 11) is 0. The summed E-state index contributed by atoms with van der Waals surface area (Å²) in [6, 6.07) is 7.71. The van der Waals surface area contributed by atoms with Crippen LogP contribution in [0.3, 0.4) is 0 Å². The van der Waals surface area contributed by atoms with E-state index < -0.39 is 0 Å². The number of rotatable bonds is 2. The van der Waals surface area contributed by atoms with Crippen LogP contribution in [0.25, 0.3) is 0 Å². The molecule has 86 valence electrons. The molecule has 1 aromatic carbocycles. The fraction of sp³-hybridized carbons (Fsp3) is 0.167. The van der Waals surface area contributed by atoms with Gasteiger partial charge in [0.1, 0.15) is 0 Å². The smallest absolute Gasteiger partial charge is 0.241 e. The van der Waals surface area contributed by atoms with Crippen LogP contribution in [-0.4, -0.2) is 16.5 Å². The van der Waals surface area contributed by atoms with E-state index in [1.807, 2.05) is 23.2 Å². The summed E-state index contributed by atoms with van der Waals surface area (Å²) in [5, 5.41) is 2.82. The number of halogens is 1. The quantitative estimate of drug-likeness (QED) is 0.884. The van der Waals surface area contributed by atoms with E-state index in [0.717, 1.165) is 23.7 Å². The predicted octanol–water partition coefficient (Wildman–Crippen LogP) is 2.52. The summed E-state index contributed by atoms with van der Waals surface area (Å²) >= 11 is 5.97. The summed E-state index contributed by atoms with van der Waals surface area (Å²) in [4.78, 5) is 8.29. The first-order valence-electron chi connectivity index (χ1n) is 5.42. The Bertz CT molecular complexity index is 529. The van der Waals surface area contributed by atoms with E-state index in [9.17, 15) is 0 Å². The predicted molar refractivity (Wildman–Crippen MR) is 68.2 cm³/mol. The first-order valence-corrected chi connectivity index (χ1v) is 5.80. The van der Waals surface area contributed by atoms with E-state index >= 15 is 0 Å². The minimum Gasteiger partial charge on any atom is -0.285 e. The van der Waals surface area contributed by atoms with Crippen molar-refractivity contribution in [1.82, 2.24) is 9.97 Å². The Kier molecular flexibility index (Phi) is 2.57. The molecule has 0 radical (unpaired) electrons. The molecule has 0 aliphatic carbocycles. The van der Waals surface area contributed by atoms with Crippen LogP contribution in [0.15, 0.2) is 36.7 Å². The molecule has 0 atom stereocenters. The van der Waals surface area contributed by atoms with E-state index in [2.05, 4.69) is 15.4 Å². The molecule has 0 fully saturated rings. The number of benzene rings is 1. The third-order valence-corrected chi connectivity index (χ3v) is 2.97. The molecule has 2 heterocycles. The van der Waals surface area contributed by atoms with Crippen LogP contribution in [-0.2, 0) is 6.42 Å². The summed E-state index contributed by atoms with van der Waals surface area (Å²) in [5.74, 6) is 0.607. The fourth-order valence-corrected chi connectivity index (χ4v) is 2.16. The average Bonchev–Trinajstić information content (AvgIpc) is 2.73. The van der Waals surface area contributed by atoms with E-state index in [-0.39, 0.29) is 0 Å². The standard InChI is InChI=1S/C12H11ClN4/c13-10-2-3-11-9(8-10)4-7-17(11)16-12-14-5-1-6-15-12/h1-3,5-6,8H,4,7H2,(H,14,15,16). The Labute approximate surface area is 104 Å². The second-order valence-corrected chi connectivity index (χ2v) is 4.30. The highest BCUT2D eigenvalue weighted by Crippen LogP contribution is 2.29. The van der Waals surface area contributed by atoms with Gasteiger partial charge in [0.05, 0.1) is 5.69 Å². The first kappa shape index (κ1) is 10.4. The number of nitrogens with zero attached hydrogens (tertiary/aromatic N) is 3. The SMILES string of the molecule is Clc1ccc2c(c1)CCN2Nc1ncccn1. The molecule has 17 heavy (non-hydrogen) atoms. The van der Waals surface area contributed by atoms with Gasteiger partial charge in [-0.25, -0.2) is 9.97 Å². The fourth-order valence-electron chi connectivity index (χ4n) is 1.96. The van der Waals surface area contributed by atoms with Gasteiger partial charge in [0, 0.05) is 24.0 Å². The van der Waals surface area contributed by atoms with E-state index in [1.165, 1.54) is 5.56 Å². The van der Waals surface area contributed by atoms with Crippen LogP contribution in [0.5, 0.6) is 0 Å². The van der Waals surface area contributed by atoms with Crippen LogP contribution in [0.1, 0.15) is 5.56 Å². The third-order valence-electron chi connectivity index (χ3n) is 2.74. The van der Waals surface area contributed by atoms with Gasteiger partial charge in [-0.1, -0.05) is 11.6 Å². The minimum atomic E-state index is 0.607. The normalized spacial score (nSPS) is 13.6. The summed E-state index contributed by atoms with van der Waals surface area (Å²) < 4.78 is 0. The van der Waals surface area contributed by atoms with Crippen LogP contribution < -0.4 is 10.4 Å². The molecule has 1 N–H and O–H groups in total. The maximum atomic E-state index is 5.97. The zero-order valence-electron chi connectivity index (χ0n) is 9.10. The number of hydrogen-bond donors (Lipinski definition) is 1. The Morgan fingerprint density at radius 1 is 1.24 bits per heavy atom. The lowest BCUT2D eigenvalue weighted by Crippen LogP contribution is -2.28. The lowest BCUT2D eigenvalue weighted by molar-refractivity contribution is 0.917. The monoisotopic (exact) mass is 246 g/mol. The molecule has 5 heteroatoms. The Hall–Kier alpha value is -1.81. The van der Waals surface area contributed by atoms with Crippen molar-refractivity contribution in [3.05, 3.63) is 47.2 Å². The highest BCUT2D eigenvalue weighted by molar-refractivity contribution is 6.30. The number of hydrazine groups is 1. The summed E-state index contributed by atoms with van der Waals surface area (Å²) in [6.07, 6.45) is 4.41. The minimum absolute atomic E-state index is 0.607. The maximum absolute atomic E-state index is 5.97. The largest absolute Gasteiger partial charge is 0.285 e. The summed E-state index contributed by atoms with van der Waals surface area (Å²) in [5.41, 5.74) is 5.58. The lowest BCUT2D eigenvalue weighted by Gasteiger charge is -2.19. The van der Waals surface area contributed by atoms with Gasteiger partial charge < -0.3 is 0 Å². The van der Waals surface area contributed by atoms with Gasteiger partial charge in [0.15, 0.2) is 0 Å². The maximum Gasteiger partial charge on any atom is 0.241 e.